The first-order valence-corrected chi connectivity index (χ1v) is 3.26. The first-order chi connectivity index (χ1) is 4.97. The number of pyridine rings is 1. The zero-order valence-corrected chi connectivity index (χ0v) is 9.69. The second-order valence-corrected chi connectivity index (χ2v) is 2.20. The van der Waals surface area contributed by atoms with Crippen molar-refractivity contribution in [2.24, 2.45) is 0 Å². The molecule has 0 N–H and O–H groups in total. The van der Waals surface area contributed by atoms with E-state index in [4.69, 9.17) is 0 Å². The number of aromatic nitrogens is 1. The van der Waals surface area contributed by atoms with Crippen LogP contribution >= 0.6 is 0 Å². The molecule has 51 valence electrons. The van der Waals surface area contributed by atoms with Crippen molar-refractivity contribution in [1.29, 1.82) is 0 Å². The molecule has 0 aliphatic heterocycles. The molecule has 2 heteroatoms. The number of hydrogen-bond acceptors (Lipinski definition) is 1. The minimum atomic E-state index is 0. The molecule has 0 atom stereocenters. The molecule has 2 rings (SSSR count). The Hall–Kier alpha value is -0.175. The summed E-state index contributed by atoms with van der Waals surface area (Å²) in [4.78, 5) is 4.18. The van der Waals surface area contributed by atoms with Gasteiger partial charge in [-0.05, 0) is 12.1 Å². The maximum absolute atomic E-state index is 4.18. The van der Waals surface area contributed by atoms with E-state index in [2.05, 4.69) is 17.1 Å². The molecule has 0 aliphatic carbocycles. The summed E-state index contributed by atoms with van der Waals surface area (Å²) < 4.78 is 0. The van der Waals surface area contributed by atoms with Crippen LogP contribution in [0, 0.1) is 35.6 Å². The maximum Gasteiger partial charge on any atom is 0.0701 e. The molecular formula is C9H7LaN. The van der Waals surface area contributed by atoms with Crippen molar-refractivity contribution in [2.45, 2.75) is 0 Å². The molecule has 0 aliphatic rings. The zero-order valence-electron chi connectivity index (χ0n) is 6.07. The molecule has 0 saturated carbocycles. The number of rotatable bonds is 0. The largest absolute Gasteiger partial charge is 0.256 e. The van der Waals surface area contributed by atoms with Gasteiger partial charge in [-0.15, -0.1) is 0 Å². The molecule has 1 nitrogen and oxygen atoms in total. The van der Waals surface area contributed by atoms with Gasteiger partial charge in [0.25, 0.3) is 0 Å². The Kier molecular flexibility index (Phi) is 3.25. The van der Waals surface area contributed by atoms with Crippen molar-refractivity contribution >= 4 is 10.9 Å². The van der Waals surface area contributed by atoms with Crippen molar-refractivity contribution < 1.29 is 35.6 Å². The van der Waals surface area contributed by atoms with Gasteiger partial charge in [0.1, 0.15) is 0 Å². The molecule has 0 saturated heterocycles. The number of nitrogens with zero attached hydrogens (tertiary/aromatic N) is 1. The van der Waals surface area contributed by atoms with Crippen LogP contribution in [-0.2, 0) is 0 Å². The Bertz CT molecular complexity index is 281. The van der Waals surface area contributed by atoms with Gasteiger partial charge in [-0.1, -0.05) is 24.3 Å². The van der Waals surface area contributed by atoms with Gasteiger partial charge in [-0.2, -0.15) is 0 Å². The molecule has 1 heterocycles. The third-order valence-corrected chi connectivity index (χ3v) is 1.51. The fourth-order valence-corrected chi connectivity index (χ4v) is 1.02. The monoisotopic (exact) mass is 268 g/mol. The van der Waals surface area contributed by atoms with E-state index in [0.29, 0.717) is 0 Å². The maximum atomic E-state index is 4.18. The van der Waals surface area contributed by atoms with Crippen LogP contribution in [-0.4, -0.2) is 4.98 Å². The van der Waals surface area contributed by atoms with Gasteiger partial charge in [-0.25, -0.2) is 0 Å². The van der Waals surface area contributed by atoms with E-state index in [1.807, 2.05) is 30.5 Å². The average molecular weight is 268 g/mol. The van der Waals surface area contributed by atoms with Crippen molar-refractivity contribution in [3.8, 4) is 0 Å². The molecule has 0 fully saturated rings. The van der Waals surface area contributed by atoms with Crippen LogP contribution in [0.5, 0.6) is 0 Å². The smallest absolute Gasteiger partial charge is 0.0701 e. The third kappa shape index (κ3) is 1.89. The summed E-state index contributed by atoms with van der Waals surface area (Å²) >= 11 is 0. The molecule has 0 amide bonds. The standard InChI is InChI=1S/C9H7N.La/c1-2-6-9-8(4-1)5-3-7-10-9;/h1-7H;. The molecule has 11 heavy (non-hydrogen) atoms. The Morgan fingerprint density at radius 2 is 1.64 bits per heavy atom. The van der Waals surface area contributed by atoms with E-state index < -0.39 is 0 Å². The van der Waals surface area contributed by atoms with Crippen LogP contribution in [0.1, 0.15) is 0 Å². The summed E-state index contributed by atoms with van der Waals surface area (Å²) in [7, 11) is 0. The Balaban J connectivity index is 0.000000605. The average Bonchev–Trinajstić information content (AvgIpc) is 2.05. The van der Waals surface area contributed by atoms with Crippen molar-refractivity contribution in [3.05, 3.63) is 42.6 Å². The van der Waals surface area contributed by atoms with Gasteiger partial charge in [0.2, 0.25) is 0 Å². The molecule has 0 spiro atoms. The van der Waals surface area contributed by atoms with Gasteiger partial charge in [0, 0.05) is 47.2 Å². The van der Waals surface area contributed by atoms with E-state index in [0.717, 1.165) is 5.52 Å². The van der Waals surface area contributed by atoms with E-state index in [-0.39, 0.29) is 35.6 Å². The fraction of sp³-hybridized carbons (Fsp3) is 0. The third-order valence-electron chi connectivity index (χ3n) is 1.51. The van der Waals surface area contributed by atoms with E-state index >= 15 is 0 Å². The van der Waals surface area contributed by atoms with E-state index in [1.165, 1.54) is 5.39 Å². The van der Waals surface area contributed by atoms with E-state index in [9.17, 15) is 0 Å². The predicted molar refractivity (Wildman–Crippen MR) is 41.7 cm³/mol. The van der Waals surface area contributed by atoms with Gasteiger partial charge in [-0.3, -0.25) is 4.98 Å². The number of benzene rings is 1. The number of para-hydroxylation sites is 1. The first-order valence-electron chi connectivity index (χ1n) is 3.26. The Morgan fingerprint density at radius 3 is 2.45 bits per heavy atom. The first kappa shape index (κ1) is 8.92. The molecule has 1 radical (unpaired) electrons. The van der Waals surface area contributed by atoms with Crippen LogP contribution in [0.3, 0.4) is 0 Å². The van der Waals surface area contributed by atoms with Crippen molar-refractivity contribution in [1.82, 2.24) is 4.98 Å². The van der Waals surface area contributed by atoms with Crippen molar-refractivity contribution in [3.63, 3.8) is 0 Å². The number of hydrogen-bond donors (Lipinski definition) is 0. The second-order valence-electron chi connectivity index (χ2n) is 2.20. The Labute approximate surface area is 93.4 Å². The molecule has 0 unspecified atom stereocenters. The van der Waals surface area contributed by atoms with Gasteiger partial charge >= 0.3 is 0 Å². The zero-order chi connectivity index (χ0) is 6.81. The molecule has 1 aromatic heterocycles. The van der Waals surface area contributed by atoms with Crippen LogP contribution in [0.2, 0.25) is 0 Å². The Morgan fingerprint density at radius 1 is 0.909 bits per heavy atom. The normalized spacial score (nSPS) is 9.09. The minimum Gasteiger partial charge on any atom is -0.256 e. The summed E-state index contributed by atoms with van der Waals surface area (Å²) in [5.74, 6) is 0. The summed E-state index contributed by atoms with van der Waals surface area (Å²) in [5, 5.41) is 1.20. The van der Waals surface area contributed by atoms with Crippen LogP contribution in [0.4, 0.5) is 0 Å². The summed E-state index contributed by atoms with van der Waals surface area (Å²) in [6, 6.07) is 12.1. The molecular weight excluding hydrogens is 261 g/mol. The van der Waals surface area contributed by atoms with Gasteiger partial charge in [0.05, 0.1) is 5.52 Å². The number of fused-ring (bicyclic) bond motifs is 1. The molecule has 1 aromatic carbocycles. The topological polar surface area (TPSA) is 12.9 Å². The van der Waals surface area contributed by atoms with E-state index in [1.54, 1.807) is 0 Å². The second kappa shape index (κ2) is 4.00. The van der Waals surface area contributed by atoms with Gasteiger partial charge in [0.15, 0.2) is 0 Å². The summed E-state index contributed by atoms with van der Waals surface area (Å²) in [6.07, 6.45) is 1.81. The van der Waals surface area contributed by atoms with Crippen LogP contribution in [0.15, 0.2) is 42.6 Å². The molecule has 2 aromatic rings. The SMILES string of the molecule is [La].c1ccc2ncccc2c1. The molecule has 0 bridgehead atoms. The quantitative estimate of drug-likeness (QED) is 0.714. The predicted octanol–water partition coefficient (Wildman–Crippen LogP) is 2.23. The van der Waals surface area contributed by atoms with Gasteiger partial charge < -0.3 is 0 Å². The fourth-order valence-electron chi connectivity index (χ4n) is 1.02. The minimum absolute atomic E-state index is 0. The van der Waals surface area contributed by atoms with Crippen LogP contribution < -0.4 is 0 Å². The summed E-state index contributed by atoms with van der Waals surface area (Å²) in [6.45, 7) is 0. The van der Waals surface area contributed by atoms with Crippen molar-refractivity contribution in [2.75, 3.05) is 0 Å². The van der Waals surface area contributed by atoms with Crippen LogP contribution in [0.25, 0.3) is 10.9 Å². The summed E-state index contributed by atoms with van der Waals surface area (Å²) in [5.41, 5.74) is 1.06.